The van der Waals surface area contributed by atoms with Gasteiger partial charge in [0.25, 0.3) is 0 Å². The molecule has 26 heavy (non-hydrogen) atoms. The zero-order valence-corrected chi connectivity index (χ0v) is 16.8. The molecule has 5 rings (SSSR count). The normalized spacial score (nSPS) is 45.7. The lowest BCUT2D eigenvalue weighted by molar-refractivity contribution is -0.207. The minimum atomic E-state index is -0.360. The van der Waals surface area contributed by atoms with Gasteiger partial charge in [0.2, 0.25) is 0 Å². The van der Waals surface area contributed by atoms with Gasteiger partial charge in [-0.15, -0.1) is 0 Å². The Bertz CT molecular complexity index is 567. The largest absolute Gasteiger partial charge is 0.456 e. The van der Waals surface area contributed by atoms with Gasteiger partial charge < -0.3 is 9.47 Å². The van der Waals surface area contributed by atoms with Crippen LogP contribution >= 0.6 is 0 Å². The summed E-state index contributed by atoms with van der Waals surface area (Å²) in [4.78, 5) is 25.1. The maximum Gasteiger partial charge on any atom is 0.344 e. The molecule has 0 aromatic rings. The first kappa shape index (κ1) is 18.3. The molecule has 0 aliphatic heterocycles. The summed E-state index contributed by atoms with van der Waals surface area (Å²) in [5.41, 5.74) is -0.708. The highest BCUT2D eigenvalue weighted by Crippen LogP contribution is 2.59. The number of carbonyl (C=O) groups is 2. The molecule has 0 heterocycles. The Morgan fingerprint density at radius 2 is 1.58 bits per heavy atom. The molecule has 0 spiro atoms. The molecule has 2 unspecified atom stereocenters. The predicted molar refractivity (Wildman–Crippen MR) is 98.2 cm³/mol. The van der Waals surface area contributed by atoms with E-state index in [4.69, 9.17) is 9.47 Å². The first-order valence-corrected chi connectivity index (χ1v) is 10.6. The SMILES string of the molecule is CC(C)CC1(C(=O)OCC(=O)OC2(C)C3CC4CC(C3)CC2C4)CC1C. The quantitative estimate of drug-likeness (QED) is 0.659. The standard InChI is InChI=1S/C22H34O4/c1-13(2)10-22(11-14(22)3)20(24)25-12-19(23)26-21(4)17-6-15-5-16(8-17)9-18(21)7-15/h13-18H,5-12H2,1-4H3. The molecule has 4 nitrogen and oxygen atoms in total. The third-order valence-electron chi connectivity index (χ3n) is 8.05. The minimum absolute atomic E-state index is 0.203. The van der Waals surface area contributed by atoms with Crippen molar-refractivity contribution in [3.8, 4) is 0 Å². The van der Waals surface area contributed by atoms with Crippen LogP contribution in [0.3, 0.4) is 0 Å². The molecular weight excluding hydrogens is 328 g/mol. The van der Waals surface area contributed by atoms with Crippen molar-refractivity contribution in [3.63, 3.8) is 0 Å². The molecule has 0 aromatic carbocycles. The topological polar surface area (TPSA) is 52.6 Å². The lowest BCUT2D eigenvalue weighted by Crippen LogP contribution is -2.58. The average Bonchev–Trinajstić information content (AvgIpc) is 3.19. The van der Waals surface area contributed by atoms with E-state index in [1.54, 1.807) is 0 Å². The molecule has 5 aliphatic rings. The third-order valence-corrected chi connectivity index (χ3v) is 8.05. The third kappa shape index (κ3) is 2.97. The van der Waals surface area contributed by atoms with Crippen molar-refractivity contribution in [2.75, 3.05) is 6.61 Å². The molecular formula is C22H34O4. The summed E-state index contributed by atoms with van der Waals surface area (Å²) < 4.78 is 11.4. The van der Waals surface area contributed by atoms with Crippen LogP contribution in [0, 0.1) is 40.9 Å². The molecule has 0 amide bonds. The Morgan fingerprint density at radius 3 is 2.04 bits per heavy atom. The molecule has 0 radical (unpaired) electrons. The van der Waals surface area contributed by atoms with Gasteiger partial charge in [-0.25, -0.2) is 4.79 Å². The highest BCUT2D eigenvalue weighted by atomic mass is 16.6. The zero-order chi connectivity index (χ0) is 18.7. The summed E-state index contributed by atoms with van der Waals surface area (Å²) in [5, 5.41) is 0. The smallest absolute Gasteiger partial charge is 0.344 e. The molecule has 0 saturated heterocycles. The van der Waals surface area contributed by atoms with Crippen molar-refractivity contribution in [1.29, 1.82) is 0 Å². The fraction of sp³-hybridized carbons (Fsp3) is 0.909. The summed E-state index contributed by atoms with van der Waals surface area (Å²) in [6.07, 6.45) is 7.90. The van der Waals surface area contributed by atoms with E-state index in [2.05, 4.69) is 27.7 Å². The van der Waals surface area contributed by atoms with E-state index in [0.717, 1.165) is 24.7 Å². The van der Waals surface area contributed by atoms with Crippen LogP contribution in [0.4, 0.5) is 0 Å². The number of hydrogen-bond acceptors (Lipinski definition) is 4. The van der Waals surface area contributed by atoms with Crippen molar-refractivity contribution in [1.82, 2.24) is 0 Å². The minimum Gasteiger partial charge on any atom is -0.456 e. The van der Waals surface area contributed by atoms with Gasteiger partial charge in [0, 0.05) is 0 Å². The van der Waals surface area contributed by atoms with Gasteiger partial charge in [-0.05, 0) is 87.4 Å². The maximum absolute atomic E-state index is 12.6. The van der Waals surface area contributed by atoms with E-state index >= 15 is 0 Å². The van der Waals surface area contributed by atoms with Crippen molar-refractivity contribution in [2.24, 2.45) is 40.9 Å². The van der Waals surface area contributed by atoms with E-state index in [0.29, 0.717) is 23.7 Å². The van der Waals surface area contributed by atoms with E-state index in [-0.39, 0.29) is 29.6 Å². The Balaban J connectivity index is 1.33. The molecule has 4 bridgehead atoms. The van der Waals surface area contributed by atoms with Gasteiger partial charge in [0.1, 0.15) is 5.60 Å². The van der Waals surface area contributed by atoms with Gasteiger partial charge in [-0.3, -0.25) is 4.79 Å². The van der Waals surface area contributed by atoms with E-state index in [1.807, 2.05) is 0 Å². The predicted octanol–water partition coefficient (Wildman–Crippen LogP) is 4.36. The molecule has 0 aromatic heterocycles. The Morgan fingerprint density at radius 1 is 1.04 bits per heavy atom. The lowest BCUT2D eigenvalue weighted by Gasteiger charge is -2.59. The van der Waals surface area contributed by atoms with Gasteiger partial charge in [-0.1, -0.05) is 20.8 Å². The maximum atomic E-state index is 12.6. The number of esters is 2. The number of ether oxygens (including phenoxy) is 2. The van der Waals surface area contributed by atoms with E-state index in [1.165, 1.54) is 32.1 Å². The van der Waals surface area contributed by atoms with Crippen LogP contribution < -0.4 is 0 Å². The molecule has 2 atom stereocenters. The Kier molecular flexibility index (Phi) is 4.39. The van der Waals surface area contributed by atoms with Crippen LogP contribution in [0.5, 0.6) is 0 Å². The molecule has 5 saturated carbocycles. The second kappa shape index (κ2) is 6.24. The van der Waals surface area contributed by atoms with Crippen molar-refractivity contribution in [2.45, 2.75) is 78.2 Å². The second-order valence-corrected chi connectivity index (χ2v) is 10.4. The van der Waals surface area contributed by atoms with Gasteiger partial charge in [0.05, 0.1) is 5.41 Å². The van der Waals surface area contributed by atoms with Crippen LogP contribution in [0.2, 0.25) is 0 Å². The van der Waals surface area contributed by atoms with Crippen molar-refractivity contribution in [3.05, 3.63) is 0 Å². The lowest BCUT2D eigenvalue weighted by atomic mass is 9.50. The van der Waals surface area contributed by atoms with Crippen LogP contribution in [0.25, 0.3) is 0 Å². The first-order valence-electron chi connectivity index (χ1n) is 10.6. The number of hydrogen-bond donors (Lipinski definition) is 0. The van der Waals surface area contributed by atoms with E-state index < -0.39 is 0 Å². The Labute approximate surface area is 157 Å². The number of rotatable bonds is 6. The highest BCUT2D eigenvalue weighted by molar-refractivity contribution is 5.83. The monoisotopic (exact) mass is 362 g/mol. The van der Waals surface area contributed by atoms with Gasteiger partial charge in [0.15, 0.2) is 6.61 Å². The summed E-state index contributed by atoms with van der Waals surface area (Å²) in [6.45, 7) is 8.25. The molecule has 5 fully saturated rings. The van der Waals surface area contributed by atoms with Gasteiger partial charge >= 0.3 is 11.9 Å². The van der Waals surface area contributed by atoms with Crippen LogP contribution in [-0.4, -0.2) is 24.1 Å². The first-order chi connectivity index (χ1) is 12.2. The fourth-order valence-electron chi connectivity index (χ4n) is 6.70. The van der Waals surface area contributed by atoms with Crippen LogP contribution in [0.15, 0.2) is 0 Å². The molecule has 5 aliphatic carbocycles. The second-order valence-electron chi connectivity index (χ2n) is 10.4. The molecule has 4 heteroatoms. The summed E-state index contributed by atoms with van der Waals surface area (Å²) in [6, 6.07) is 0. The average molecular weight is 363 g/mol. The summed E-state index contributed by atoms with van der Waals surface area (Å²) in [7, 11) is 0. The summed E-state index contributed by atoms with van der Waals surface area (Å²) >= 11 is 0. The zero-order valence-electron chi connectivity index (χ0n) is 16.8. The van der Waals surface area contributed by atoms with Crippen molar-refractivity contribution < 1.29 is 19.1 Å². The summed E-state index contributed by atoms with van der Waals surface area (Å²) in [5.74, 6) is 2.92. The Hall–Kier alpha value is -1.06. The molecule has 0 N–H and O–H groups in total. The molecule has 146 valence electrons. The van der Waals surface area contributed by atoms with Gasteiger partial charge in [-0.2, -0.15) is 0 Å². The highest BCUT2D eigenvalue weighted by Gasteiger charge is 2.59. The van der Waals surface area contributed by atoms with Crippen molar-refractivity contribution >= 4 is 11.9 Å². The van der Waals surface area contributed by atoms with Crippen LogP contribution in [0.1, 0.15) is 72.6 Å². The fourth-order valence-corrected chi connectivity index (χ4v) is 6.70. The number of carbonyl (C=O) groups excluding carboxylic acids is 2. The van der Waals surface area contributed by atoms with E-state index in [9.17, 15) is 9.59 Å². The van der Waals surface area contributed by atoms with Crippen LogP contribution in [-0.2, 0) is 19.1 Å².